The van der Waals surface area contributed by atoms with Gasteiger partial charge in [0.25, 0.3) is 5.91 Å². The van der Waals surface area contributed by atoms with E-state index in [0.29, 0.717) is 31.7 Å². The summed E-state index contributed by atoms with van der Waals surface area (Å²) in [7, 11) is 0. The maximum Gasteiger partial charge on any atom is 0.261 e. The van der Waals surface area contributed by atoms with E-state index < -0.39 is 6.04 Å². The first kappa shape index (κ1) is 22.0. The lowest BCUT2D eigenvalue weighted by Gasteiger charge is -2.30. The van der Waals surface area contributed by atoms with Gasteiger partial charge >= 0.3 is 0 Å². The highest BCUT2D eigenvalue weighted by Gasteiger charge is 2.28. The Hall–Kier alpha value is -2.34. The maximum absolute atomic E-state index is 12.9. The molecule has 0 aliphatic carbocycles. The molecule has 5 nitrogen and oxygen atoms in total. The van der Waals surface area contributed by atoms with Crippen LogP contribution in [0.2, 0.25) is 0 Å². The third-order valence-electron chi connectivity index (χ3n) is 4.40. The maximum atomic E-state index is 12.9. The topological polar surface area (TPSA) is 58.6 Å². The number of halogens is 1. The Morgan fingerprint density at radius 2 is 1.75 bits per heavy atom. The van der Waals surface area contributed by atoms with Gasteiger partial charge in [-0.05, 0) is 49.6 Å². The minimum absolute atomic E-state index is 0.105. The Bertz CT molecular complexity index is 750. The standard InChI is InChI=1S/C22H27BrN2O3/c1-3-20(22(27)24-4-2)25(15-14-17-8-6-5-7-9-17)21(26)16-28-19-12-10-18(23)11-13-19/h5-13,20H,3-4,14-16H2,1-2H3,(H,24,27). The van der Waals surface area contributed by atoms with E-state index in [9.17, 15) is 9.59 Å². The number of rotatable bonds is 10. The van der Waals surface area contributed by atoms with Crippen LogP contribution in [0.1, 0.15) is 25.8 Å². The Balaban J connectivity index is 2.09. The predicted molar refractivity (Wildman–Crippen MR) is 114 cm³/mol. The summed E-state index contributed by atoms with van der Waals surface area (Å²) in [5.74, 6) is 0.289. The van der Waals surface area contributed by atoms with Crippen LogP contribution in [-0.4, -0.2) is 42.5 Å². The van der Waals surface area contributed by atoms with Crippen LogP contribution in [-0.2, 0) is 16.0 Å². The summed E-state index contributed by atoms with van der Waals surface area (Å²) in [5, 5.41) is 2.83. The molecular formula is C22H27BrN2O3. The zero-order chi connectivity index (χ0) is 20.4. The van der Waals surface area contributed by atoms with Gasteiger partial charge in [0, 0.05) is 17.6 Å². The van der Waals surface area contributed by atoms with Crippen molar-refractivity contribution in [2.24, 2.45) is 0 Å². The van der Waals surface area contributed by atoms with Crippen molar-refractivity contribution in [2.75, 3.05) is 19.7 Å². The zero-order valence-electron chi connectivity index (χ0n) is 16.4. The average molecular weight is 447 g/mol. The van der Waals surface area contributed by atoms with Crippen LogP contribution >= 0.6 is 15.9 Å². The number of nitrogens with one attached hydrogen (secondary N) is 1. The summed E-state index contributed by atoms with van der Waals surface area (Å²) in [6, 6.07) is 16.7. The molecule has 0 bridgehead atoms. The number of hydrogen-bond acceptors (Lipinski definition) is 3. The van der Waals surface area contributed by atoms with Crippen molar-refractivity contribution in [1.82, 2.24) is 10.2 Å². The van der Waals surface area contributed by atoms with Gasteiger partial charge in [-0.3, -0.25) is 9.59 Å². The van der Waals surface area contributed by atoms with Crippen molar-refractivity contribution in [3.05, 3.63) is 64.6 Å². The summed E-state index contributed by atoms with van der Waals surface area (Å²) >= 11 is 3.38. The van der Waals surface area contributed by atoms with E-state index in [0.717, 1.165) is 10.0 Å². The third-order valence-corrected chi connectivity index (χ3v) is 4.93. The highest BCUT2D eigenvalue weighted by Crippen LogP contribution is 2.17. The van der Waals surface area contributed by atoms with Gasteiger partial charge in [0.2, 0.25) is 5.91 Å². The van der Waals surface area contributed by atoms with Crippen molar-refractivity contribution in [2.45, 2.75) is 32.7 Å². The first-order valence-electron chi connectivity index (χ1n) is 9.54. The van der Waals surface area contributed by atoms with Gasteiger partial charge in [-0.2, -0.15) is 0 Å². The van der Waals surface area contributed by atoms with E-state index in [2.05, 4.69) is 21.2 Å². The largest absolute Gasteiger partial charge is 0.484 e. The second-order valence-electron chi connectivity index (χ2n) is 6.38. The van der Waals surface area contributed by atoms with Gasteiger partial charge in [0.1, 0.15) is 11.8 Å². The van der Waals surface area contributed by atoms with Crippen LogP contribution in [0.5, 0.6) is 5.75 Å². The van der Waals surface area contributed by atoms with Crippen molar-refractivity contribution >= 4 is 27.7 Å². The van der Waals surface area contributed by atoms with Crippen molar-refractivity contribution < 1.29 is 14.3 Å². The molecule has 150 valence electrons. The highest BCUT2D eigenvalue weighted by atomic mass is 79.9. The molecule has 0 spiro atoms. The molecule has 0 saturated heterocycles. The summed E-state index contributed by atoms with van der Waals surface area (Å²) in [6.45, 7) is 4.68. The van der Waals surface area contributed by atoms with Crippen LogP contribution in [0.15, 0.2) is 59.1 Å². The minimum Gasteiger partial charge on any atom is -0.484 e. The van der Waals surface area contributed by atoms with E-state index in [-0.39, 0.29) is 18.4 Å². The highest BCUT2D eigenvalue weighted by molar-refractivity contribution is 9.10. The third kappa shape index (κ3) is 6.68. The van der Waals surface area contributed by atoms with E-state index in [1.807, 2.05) is 56.3 Å². The van der Waals surface area contributed by atoms with Gasteiger partial charge in [-0.15, -0.1) is 0 Å². The van der Waals surface area contributed by atoms with E-state index in [1.165, 1.54) is 0 Å². The number of nitrogens with zero attached hydrogens (tertiary/aromatic N) is 1. The molecule has 6 heteroatoms. The number of amides is 2. The lowest BCUT2D eigenvalue weighted by molar-refractivity contribution is -0.142. The average Bonchev–Trinajstić information content (AvgIpc) is 2.71. The molecule has 2 rings (SSSR count). The monoisotopic (exact) mass is 446 g/mol. The first-order chi connectivity index (χ1) is 13.5. The van der Waals surface area contributed by atoms with Gasteiger partial charge < -0.3 is 15.0 Å². The second kappa shape index (κ2) is 11.5. The molecule has 0 radical (unpaired) electrons. The molecular weight excluding hydrogens is 420 g/mol. The number of carbonyl (C=O) groups is 2. The van der Waals surface area contributed by atoms with Gasteiger partial charge in [0.05, 0.1) is 0 Å². The predicted octanol–water partition coefficient (Wildman–Crippen LogP) is 3.81. The Morgan fingerprint density at radius 3 is 2.36 bits per heavy atom. The molecule has 1 atom stereocenters. The zero-order valence-corrected chi connectivity index (χ0v) is 17.9. The molecule has 2 aromatic carbocycles. The van der Waals surface area contributed by atoms with Crippen LogP contribution in [0.25, 0.3) is 0 Å². The Morgan fingerprint density at radius 1 is 1.07 bits per heavy atom. The first-order valence-corrected chi connectivity index (χ1v) is 10.3. The number of carbonyl (C=O) groups excluding carboxylic acids is 2. The number of ether oxygens (including phenoxy) is 1. The van der Waals surface area contributed by atoms with Crippen molar-refractivity contribution in [3.8, 4) is 5.75 Å². The van der Waals surface area contributed by atoms with Gasteiger partial charge in [-0.25, -0.2) is 0 Å². The summed E-state index contributed by atoms with van der Waals surface area (Å²) in [6.07, 6.45) is 1.23. The fourth-order valence-electron chi connectivity index (χ4n) is 2.95. The minimum atomic E-state index is -0.510. The van der Waals surface area contributed by atoms with Gasteiger partial charge in [0.15, 0.2) is 6.61 Å². The summed E-state index contributed by atoms with van der Waals surface area (Å²) in [4.78, 5) is 27.1. The van der Waals surface area contributed by atoms with Crippen LogP contribution in [0.4, 0.5) is 0 Å². The second-order valence-corrected chi connectivity index (χ2v) is 7.30. The SMILES string of the molecule is CCNC(=O)C(CC)N(CCc1ccccc1)C(=O)COc1ccc(Br)cc1. The molecule has 1 N–H and O–H groups in total. The van der Waals surface area contributed by atoms with Gasteiger partial charge in [-0.1, -0.05) is 53.2 Å². The fourth-order valence-corrected chi connectivity index (χ4v) is 3.21. The quantitative estimate of drug-likeness (QED) is 0.603. The van der Waals surface area contributed by atoms with E-state index in [4.69, 9.17) is 4.74 Å². The number of hydrogen-bond donors (Lipinski definition) is 1. The lowest BCUT2D eigenvalue weighted by atomic mass is 10.1. The molecule has 0 saturated carbocycles. The normalized spacial score (nSPS) is 11.5. The van der Waals surface area contributed by atoms with E-state index >= 15 is 0 Å². The molecule has 0 heterocycles. The molecule has 28 heavy (non-hydrogen) atoms. The molecule has 0 aliphatic rings. The number of likely N-dealkylation sites (N-methyl/N-ethyl adjacent to an activating group) is 1. The van der Waals surface area contributed by atoms with Crippen LogP contribution in [0, 0.1) is 0 Å². The molecule has 2 aromatic rings. The Kier molecular flexibility index (Phi) is 9.01. The van der Waals surface area contributed by atoms with Crippen molar-refractivity contribution in [3.63, 3.8) is 0 Å². The fraction of sp³-hybridized carbons (Fsp3) is 0.364. The molecule has 0 fully saturated rings. The lowest BCUT2D eigenvalue weighted by Crippen LogP contribution is -2.51. The van der Waals surface area contributed by atoms with Crippen LogP contribution < -0.4 is 10.1 Å². The molecule has 1 unspecified atom stereocenters. The number of benzene rings is 2. The molecule has 2 amide bonds. The molecule has 0 aromatic heterocycles. The van der Waals surface area contributed by atoms with Crippen molar-refractivity contribution in [1.29, 1.82) is 0 Å². The summed E-state index contributed by atoms with van der Waals surface area (Å²) in [5.41, 5.74) is 1.12. The smallest absolute Gasteiger partial charge is 0.261 e. The Labute approximate surface area is 175 Å². The van der Waals surface area contributed by atoms with Crippen LogP contribution in [0.3, 0.4) is 0 Å². The van der Waals surface area contributed by atoms with E-state index in [1.54, 1.807) is 17.0 Å². The molecule has 0 aliphatic heterocycles. The summed E-state index contributed by atoms with van der Waals surface area (Å²) < 4.78 is 6.59.